The minimum Gasteiger partial charge on any atom is -0.380 e. The van der Waals surface area contributed by atoms with Crippen LogP contribution in [-0.2, 0) is 17.8 Å². The average molecular weight is 502 g/mol. The molecule has 156 valence electrons. The Kier molecular flexibility index (Phi) is 9.35. The number of aliphatic imine (C=N–C) groups is 1. The van der Waals surface area contributed by atoms with Crippen molar-refractivity contribution < 1.29 is 4.74 Å². The molecular weight excluding hydrogens is 471 g/mol. The zero-order chi connectivity index (χ0) is 19.1. The summed E-state index contributed by atoms with van der Waals surface area (Å²) in [6.07, 6.45) is 1.82. The number of piperazine rings is 1. The quantitative estimate of drug-likeness (QED) is 0.222. The van der Waals surface area contributed by atoms with Crippen molar-refractivity contribution in [3.05, 3.63) is 24.2 Å². The second kappa shape index (κ2) is 11.5. The number of rotatable bonds is 9. The van der Waals surface area contributed by atoms with E-state index in [1.165, 1.54) is 0 Å². The van der Waals surface area contributed by atoms with Gasteiger partial charge in [-0.05, 0) is 19.1 Å². The Morgan fingerprint density at radius 3 is 2.64 bits per heavy atom. The standard InChI is InChI=1S/C18H30N8O.HI/c1-2-27-13-12-26-16(23-15-4-3-5-21-17(15)26)14-25-10-8-24(9-11-25)7-6-22-18(19)20;/h3-5H,2,6-14H2,1H3,(H4,19,20,22);1H. The molecule has 28 heavy (non-hydrogen) atoms. The minimum atomic E-state index is 0. The number of ether oxygens (including phenoxy) is 1. The topological polar surface area (TPSA) is 111 Å². The first-order valence-electron chi connectivity index (χ1n) is 9.55. The van der Waals surface area contributed by atoms with E-state index in [0.717, 1.165) is 69.4 Å². The molecule has 0 spiro atoms. The van der Waals surface area contributed by atoms with Crippen LogP contribution in [0, 0.1) is 0 Å². The second-order valence-corrected chi connectivity index (χ2v) is 6.65. The highest BCUT2D eigenvalue weighted by Gasteiger charge is 2.20. The number of nitrogens with two attached hydrogens (primary N) is 2. The van der Waals surface area contributed by atoms with Gasteiger partial charge >= 0.3 is 0 Å². The minimum absolute atomic E-state index is 0. The van der Waals surface area contributed by atoms with Crippen LogP contribution in [0.4, 0.5) is 0 Å². The van der Waals surface area contributed by atoms with Crippen LogP contribution in [0.15, 0.2) is 23.3 Å². The number of imidazole rings is 1. The lowest BCUT2D eigenvalue weighted by atomic mass is 10.3. The van der Waals surface area contributed by atoms with Crippen LogP contribution in [0.3, 0.4) is 0 Å². The molecule has 1 aliphatic rings. The van der Waals surface area contributed by atoms with E-state index in [-0.39, 0.29) is 29.9 Å². The maximum absolute atomic E-state index is 5.54. The molecule has 1 fully saturated rings. The van der Waals surface area contributed by atoms with Gasteiger partial charge in [-0.2, -0.15) is 0 Å². The molecule has 0 saturated carbocycles. The monoisotopic (exact) mass is 502 g/mol. The van der Waals surface area contributed by atoms with E-state index < -0.39 is 0 Å². The molecule has 3 heterocycles. The third kappa shape index (κ3) is 6.26. The molecule has 0 aromatic carbocycles. The van der Waals surface area contributed by atoms with Gasteiger partial charge in [0.15, 0.2) is 11.6 Å². The summed E-state index contributed by atoms with van der Waals surface area (Å²) in [7, 11) is 0. The fourth-order valence-electron chi connectivity index (χ4n) is 3.35. The summed E-state index contributed by atoms with van der Waals surface area (Å²) in [5.74, 6) is 1.21. The van der Waals surface area contributed by atoms with Crippen molar-refractivity contribution in [3.8, 4) is 0 Å². The lowest BCUT2D eigenvalue weighted by Gasteiger charge is -2.34. The van der Waals surface area contributed by atoms with Gasteiger partial charge in [0, 0.05) is 52.1 Å². The molecule has 0 aliphatic carbocycles. The summed E-state index contributed by atoms with van der Waals surface area (Å²) in [4.78, 5) is 18.2. The first-order valence-corrected chi connectivity index (χ1v) is 9.55. The molecule has 3 rings (SSSR count). The molecule has 1 aliphatic heterocycles. The molecule has 0 bridgehead atoms. The lowest BCUT2D eigenvalue weighted by Crippen LogP contribution is -2.47. The Labute approximate surface area is 183 Å². The summed E-state index contributed by atoms with van der Waals surface area (Å²) in [6, 6.07) is 3.95. The highest BCUT2D eigenvalue weighted by atomic mass is 127. The van der Waals surface area contributed by atoms with Crippen molar-refractivity contribution in [1.82, 2.24) is 24.3 Å². The molecule has 1 saturated heterocycles. The van der Waals surface area contributed by atoms with Crippen LogP contribution in [0.5, 0.6) is 0 Å². The van der Waals surface area contributed by atoms with E-state index >= 15 is 0 Å². The fraction of sp³-hybridized carbons (Fsp3) is 0.611. The van der Waals surface area contributed by atoms with Crippen molar-refractivity contribution in [1.29, 1.82) is 0 Å². The van der Waals surface area contributed by atoms with Gasteiger partial charge in [0.05, 0.1) is 19.7 Å². The Balaban J connectivity index is 0.00000280. The van der Waals surface area contributed by atoms with Crippen molar-refractivity contribution in [2.24, 2.45) is 16.5 Å². The summed E-state index contributed by atoms with van der Waals surface area (Å²) < 4.78 is 7.73. The van der Waals surface area contributed by atoms with Gasteiger partial charge in [0.1, 0.15) is 11.3 Å². The Hall–Kier alpha value is -1.50. The van der Waals surface area contributed by atoms with Crippen LogP contribution in [0.25, 0.3) is 11.2 Å². The van der Waals surface area contributed by atoms with E-state index in [2.05, 4.69) is 24.3 Å². The first kappa shape index (κ1) is 22.8. The molecule has 0 amide bonds. The Morgan fingerprint density at radius 1 is 1.18 bits per heavy atom. The Morgan fingerprint density at radius 2 is 1.93 bits per heavy atom. The van der Waals surface area contributed by atoms with Crippen LogP contribution in [0.2, 0.25) is 0 Å². The summed E-state index contributed by atoms with van der Waals surface area (Å²) in [5.41, 5.74) is 12.6. The average Bonchev–Trinajstić information content (AvgIpc) is 3.00. The van der Waals surface area contributed by atoms with Crippen LogP contribution < -0.4 is 11.5 Å². The van der Waals surface area contributed by atoms with Crippen LogP contribution in [0.1, 0.15) is 12.7 Å². The number of nitrogens with zero attached hydrogens (tertiary/aromatic N) is 6. The summed E-state index contributed by atoms with van der Waals surface area (Å²) in [5, 5.41) is 0. The Bertz CT molecular complexity index is 753. The predicted molar refractivity (Wildman–Crippen MR) is 122 cm³/mol. The molecule has 0 radical (unpaired) electrons. The van der Waals surface area contributed by atoms with Gasteiger partial charge in [0.2, 0.25) is 0 Å². The van der Waals surface area contributed by atoms with Gasteiger partial charge < -0.3 is 20.8 Å². The van der Waals surface area contributed by atoms with Gasteiger partial charge in [-0.1, -0.05) is 0 Å². The number of hydrogen-bond donors (Lipinski definition) is 2. The summed E-state index contributed by atoms with van der Waals surface area (Å²) in [6.45, 7) is 10.6. The smallest absolute Gasteiger partial charge is 0.185 e. The number of pyridine rings is 1. The van der Waals surface area contributed by atoms with Gasteiger partial charge in [-0.15, -0.1) is 24.0 Å². The van der Waals surface area contributed by atoms with Gasteiger partial charge in [-0.25, -0.2) is 9.97 Å². The maximum atomic E-state index is 5.54. The number of fused-ring (bicyclic) bond motifs is 1. The number of aromatic nitrogens is 3. The van der Waals surface area contributed by atoms with Crippen LogP contribution in [-0.4, -0.2) is 82.8 Å². The highest BCUT2D eigenvalue weighted by Crippen LogP contribution is 2.16. The largest absolute Gasteiger partial charge is 0.380 e. The van der Waals surface area contributed by atoms with Crippen molar-refractivity contribution in [3.63, 3.8) is 0 Å². The van der Waals surface area contributed by atoms with E-state index in [0.29, 0.717) is 13.2 Å². The first-order chi connectivity index (χ1) is 13.2. The number of guanidine groups is 1. The van der Waals surface area contributed by atoms with E-state index in [1.807, 2.05) is 25.3 Å². The third-order valence-corrected chi connectivity index (χ3v) is 4.79. The highest BCUT2D eigenvalue weighted by molar-refractivity contribution is 14.0. The molecule has 2 aromatic rings. The molecule has 10 heteroatoms. The van der Waals surface area contributed by atoms with E-state index in [1.54, 1.807) is 0 Å². The number of halogens is 1. The second-order valence-electron chi connectivity index (χ2n) is 6.65. The third-order valence-electron chi connectivity index (χ3n) is 4.79. The zero-order valence-electron chi connectivity index (χ0n) is 16.5. The molecule has 0 unspecified atom stereocenters. The summed E-state index contributed by atoms with van der Waals surface area (Å²) >= 11 is 0. The normalized spacial score (nSPS) is 15.5. The van der Waals surface area contributed by atoms with Crippen molar-refractivity contribution in [2.75, 3.05) is 52.5 Å². The fourth-order valence-corrected chi connectivity index (χ4v) is 3.35. The SMILES string of the molecule is CCOCCn1c(CN2CCN(CCN=C(N)N)CC2)nc2cccnc21.I. The van der Waals surface area contributed by atoms with E-state index in [9.17, 15) is 0 Å². The van der Waals surface area contributed by atoms with Crippen molar-refractivity contribution in [2.45, 2.75) is 20.0 Å². The molecular formula is C18H31IN8O. The zero-order valence-corrected chi connectivity index (χ0v) is 18.8. The van der Waals surface area contributed by atoms with Crippen molar-refractivity contribution >= 4 is 41.1 Å². The van der Waals surface area contributed by atoms with Gasteiger partial charge in [-0.3, -0.25) is 14.8 Å². The predicted octanol–water partition coefficient (Wildman–Crippen LogP) is 0.477. The molecule has 2 aromatic heterocycles. The molecule has 0 atom stereocenters. The van der Waals surface area contributed by atoms with Crippen LogP contribution >= 0.6 is 24.0 Å². The van der Waals surface area contributed by atoms with E-state index in [4.69, 9.17) is 21.2 Å². The molecule has 4 N–H and O–H groups in total. The lowest BCUT2D eigenvalue weighted by molar-refractivity contribution is 0.122. The number of hydrogen-bond acceptors (Lipinski definition) is 6. The van der Waals surface area contributed by atoms with Gasteiger partial charge in [0.25, 0.3) is 0 Å². The maximum Gasteiger partial charge on any atom is 0.185 e. The molecule has 9 nitrogen and oxygen atoms in total.